The molecule has 5 nitrogen and oxygen atoms in total. The number of nitrogens with one attached hydrogen (secondary N) is 1. The zero-order valence-electron chi connectivity index (χ0n) is 13.4. The quantitative estimate of drug-likeness (QED) is 0.867. The molecule has 0 spiro atoms. The van der Waals surface area contributed by atoms with Crippen LogP contribution < -0.4 is 5.32 Å². The van der Waals surface area contributed by atoms with Gasteiger partial charge in [-0.05, 0) is 42.2 Å². The molecule has 23 heavy (non-hydrogen) atoms. The summed E-state index contributed by atoms with van der Waals surface area (Å²) in [6.45, 7) is 3.95. The fraction of sp³-hybridized carbons (Fsp3) is 0.500. The first-order valence-electron chi connectivity index (χ1n) is 7.74. The van der Waals surface area contributed by atoms with Crippen LogP contribution in [0.1, 0.15) is 33.8 Å². The van der Waals surface area contributed by atoms with Crippen LogP contribution in [0.25, 0.3) is 0 Å². The molecular formula is C16H21N3O2S2. The number of amides is 1. The number of ether oxygens (including phenoxy) is 1. The van der Waals surface area contributed by atoms with E-state index in [1.165, 1.54) is 11.3 Å². The highest BCUT2D eigenvalue weighted by Crippen LogP contribution is 2.25. The van der Waals surface area contributed by atoms with Crippen LogP contribution in [0.3, 0.4) is 0 Å². The Morgan fingerprint density at radius 3 is 3.04 bits per heavy atom. The van der Waals surface area contributed by atoms with Crippen LogP contribution in [0.4, 0.5) is 5.13 Å². The van der Waals surface area contributed by atoms with Crippen LogP contribution >= 0.6 is 22.7 Å². The molecule has 1 saturated heterocycles. The molecule has 0 saturated carbocycles. The molecule has 0 radical (unpaired) electrons. The number of hydrogen-bond donors (Lipinski definition) is 1. The number of thiophene rings is 1. The van der Waals surface area contributed by atoms with E-state index >= 15 is 0 Å². The van der Waals surface area contributed by atoms with E-state index in [-0.39, 0.29) is 12.0 Å². The number of thiazole rings is 1. The van der Waals surface area contributed by atoms with Gasteiger partial charge < -0.3 is 15.0 Å². The Hall–Kier alpha value is -1.44. The van der Waals surface area contributed by atoms with E-state index < -0.39 is 0 Å². The SMILES string of the molecule is CNc1nc(C)c(C(=O)N(Cc2ccsc2)C[C@@H]2CCCO2)s1. The van der Waals surface area contributed by atoms with E-state index in [2.05, 4.69) is 21.7 Å². The lowest BCUT2D eigenvalue weighted by Gasteiger charge is -2.25. The van der Waals surface area contributed by atoms with E-state index in [0.717, 1.165) is 35.8 Å². The first-order chi connectivity index (χ1) is 11.2. The van der Waals surface area contributed by atoms with Gasteiger partial charge in [0.15, 0.2) is 5.13 Å². The Kier molecular flexibility index (Phi) is 5.30. The number of carbonyl (C=O) groups excluding carboxylic acids is 1. The van der Waals surface area contributed by atoms with Crippen molar-refractivity contribution in [3.63, 3.8) is 0 Å². The second-order valence-corrected chi connectivity index (χ2v) is 7.41. The van der Waals surface area contributed by atoms with Gasteiger partial charge >= 0.3 is 0 Å². The van der Waals surface area contributed by atoms with Crippen molar-refractivity contribution >= 4 is 33.7 Å². The van der Waals surface area contributed by atoms with E-state index in [0.29, 0.717) is 18.0 Å². The van der Waals surface area contributed by atoms with Crippen molar-refractivity contribution in [2.45, 2.75) is 32.4 Å². The standard InChI is InChI=1S/C16H21N3O2S2/c1-11-14(23-16(17-2)18-11)15(20)19(8-12-5-7-22-10-12)9-13-4-3-6-21-13/h5,7,10,13H,3-4,6,8-9H2,1-2H3,(H,17,18)/t13-/m0/s1. The van der Waals surface area contributed by atoms with Crippen LogP contribution in [-0.2, 0) is 11.3 Å². The fourth-order valence-corrected chi connectivity index (χ4v) is 4.25. The average molecular weight is 351 g/mol. The Bertz CT molecular complexity index is 648. The fourth-order valence-electron chi connectivity index (χ4n) is 2.70. The van der Waals surface area contributed by atoms with Crippen molar-refractivity contribution in [3.8, 4) is 0 Å². The molecule has 124 valence electrons. The minimum absolute atomic E-state index is 0.0446. The zero-order valence-corrected chi connectivity index (χ0v) is 15.0. The molecule has 2 aromatic rings. The molecule has 0 aliphatic carbocycles. The summed E-state index contributed by atoms with van der Waals surface area (Å²) in [5.74, 6) is 0.0446. The number of nitrogens with zero attached hydrogens (tertiary/aromatic N) is 2. The van der Waals surface area contributed by atoms with Gasteiger partial charge in [-0.15, -0.1) is 0 Å². The summed E-state index contributed by atoms with van der Waals surface area (Å²) in [5.41, 5.74) is 1.95. The molecule has 0 unspecified atom stereocenters. The summed E-state index contributed by atoms with van der Waals surface area (Å²) < 4.78 is 5.73. The molecule has 1 aliphatic rings. The van der Waals surface area contributed by atoms with Gasteiger partial charge in [0.25, 0.3) is 5.91 Å². The van der Waals surface area contributed by atoms with E-state index in [1.807, 2.05) is 24.3 Å². The van der Waals surface area contributed by atoms with Gasteiger partial charge in [-0.1, -0.05) is 11.3 Å². The lowest BCUT2D eigenvalue weighted by Crippen LogP contribution is -2.36. The number of aromatic nitrogens is 1. The minimum Gasteiger partial charge on any atom is -0.376 e. The maximum Gasteiger partial charge on any atom is 0.266 e. The van der Waals surface area contributed by atoms with Gasteiger partial charge in [0.1, 0.15) is 4.88 Å². The molecule has 2 aromatic heterocycles. The van der Waals surface area contributed by atoms with Crippen molar-refractivity contribution < 1.29 is 9.53 Å². The van der Waals surface area contributed by atoms with Crippen molar-refractivity contribution in [2.24, 2.45) is 0 Å². The molecule has 1 N–H and O–H groups in total. The van der Waals surface area contributed by atoms with E-state index in [4.69, 9.17) is 4.74 Å². The highest BCUT2D eigenvalue weighted by atomic mass is 32.1. The van der Waals surface area contributed by atoms with Gasteiger partial charge in [-0.2, -0.15) is 11.3 Å². The largest absolute Gasteiger partial charge is 0.376 e. The first-order valence-corrected chi connectivity index (χ1v) is 9.50. The molecule has 3 rings (SSSR count). The van der Waals surface area contributed by atoms with Crippen LogP contribution in [0.15, 0.2) is 16.8 Å². The Morgan fingerprint density at radius 1 is 1.57 bits per heavy atom. The Labute approximate surface area is 144 Å². The topological polar surface area (TPSA) is 54.5 Å². The van der Waals surface area contributed by atoms with Crippen molar-refractivity contribution in [1.29, 1.82) is 0 Å². The first kappa shape index (κ1) is 16.4. The average Bonchev–Trinajstić information content (AvgIpc) is 3.27. The van der Waals surface area contributed by atoms with Crippen molar-refractivity contribution in [3.05, 3.63) is 33.0 Å². The van der Waals surface area contributed by atoms with Gasteiger partial charge in [0.2, 0.25) is 0 Å². The molecule has 1 atom stereocenters. The molecule has 7 heteroatoms. The monoisotopic (exact) mass is 351 g/mol. The summed E-state index contributed by atoms with van der Waals surface area (Å²) in [7, 11) is 1.82. The molecule has 1 aliphatic heterocycles. The second kappa shape index (κ2) is 7.42. The molecule has 0 aromatic carbocycles. The third-order valence-corrected chi connectivity index (χ3v) is 5.79. The number of rotatable bonds is 6. The highest BCUT2D eigenvalue weighted by Gasteiger charge is 2.26. The maximum absolute atomic E-state index is 13.0. The summed E-state index contributed by atoms with van der Waals surface area (Å²) in [5, 5.41) is 7.93. The van der Waals surface area contributed by atoms with E-state index in [1.54, 1.807) is 11.3 Å². The van der Waals surface area contributed by atoms with Gasteiger partial charge in [-0.25, -0.2) is 4.98 Å². The lowest BCUT2D eigenvalue weighted by atomic mass is 10.2. The van der Waals surface area contributed by atoms with Crippen LogP contribution in [0.5, 0.6) is 0 Å². The van der Waals surface area contributed by atoms with Gasteiger partial charge in [0.05, 0.1) is 11.8 Å². The molecule has 3 heterocycles. The molecule has 1 amide bonds. The van der Waals surface area contributed by atoms with Crippen LogP contribution in [0, 0.1) is 6.92 Å². The highest BCUT2D eigenvalue weighted by molar-refractivity contribution is 7.17. The number of hydrogen-bond acceptors (Lipinski definition) is 6. The summed E-state index contributed by atoms with van der Waals surface area (Å²) in [6, 6.07) is 2.07. The molecule has 1 fully saturated rings. The molecular weight excluding hydrogens is 330 g/mol. The van der Waals surface area contributed by atoms with Crippen molar-refractivity contribution in [2.75, 3.05) is 25.5 Å². The van der Waals surface area contributed by atoms with Crippen molar-refractivity contribution in [1.82, 2.24) is 9.88 Å². The van der Waals surface area contributed by atoms with E-state index in [9.17, 15) is 4.79 Å². The maximum atomic E-state index is 13.0. The summed E-state index contributed by atoms with van der Waals surface area (Å²) >= 11 is 3.07. The predicted octanol–water partition coefficient (Wildman–Crippen LogP) is 3.38. The molecule has 0 bridgehead atoms. The zero-order chi connectivity index (χ0) is 16.2. The second-order valence-electron chi connectivity index (χ2n) is 5.64. The predicted molar refractivity (Wildman–Crippen MR) is 94.4 cm³/mol. The Morgan fingerprint density at radius 2 is 2.43 bits per heavy atom. The van der Waals surface area contributed by atoms with Crippen LogP contribution in [0.2, 0.25) is 0 Å². The summed E-state index contributed by atoms with van der Waals surface area (Å²) in [4.78, 5) is 20.0. The number of carbonyl (C=O) groups is 1. The third kappa shape index (κ3) is 3.91. The lowest BCUT2D eigenvalue weighted by molar-refractivity contribution is 0.0510. The Balaban J connectivity index is 1.80. The van der Waals surface area contributed by atoms with Gasteiger partial charge in [-0.3, -0.25) is 4.79 Å². The van der Waals surface area contributed by atoms with Gasteiger partial charge in [0, 0.05) is 26.7 Å². The normalized spacial score (nSPS) is 17.4. The smallest absolute Gasteiger partial charge is 0.266 e. The number of aryl methyl sites for hydroxylation is 1. The summed E-state index contributed by atoms with van der Waals surface area (Å²) in [6.07, 6.45) is 2.25. The number of anilines is 1. The minimum atomic E-state index is 0.0446. The third-order valence-electron chi connectivity index (χ3n) is 3.89. The van der Waals surface area contributed by atoms with Crippen LogP contribution in [-0.4, -0.2) is 42.1 Å².